The molecule has 0 saturated carbocycles. The van der Waals surface area contributed by atoms with Gasteiger partial charge in [0.2, 0.25) is 5.91 Å². The highest BCUT2D eigenvalue weighted by atomic mass is 16.2. The maximum atomic E-state index is 11.9. The van der Waals surface area contributed by atoms with Crippen LogP contribution < -0.4 is 16.2 Å². The van der Waals surface area contributed by atoms with Gasteiger partial charge < -0.3 is 15.2 Å². The van der Waals surface area contributed by atoms with Gasteiger partial charge in [0.15, 0.2) is 0 Å². The highest BCUT2D eigenvalue weighted by molar-refractivity contribution is 5.93. The van der Waals surface area contributed by atoms with Crippen LogP contribution >= 0.6 is 0 Å². The van der Waals surface area contributed by atoms with E-state index in [0.29, 0.717) is 12.2 Å². The summed E-state index contributed by atoms with van der Waals surface area (Å²) < 4.78 is 1.59. The Balaban J connectivity index is 2.24. The predicted molar refractivity (Wildman–Crippen MR) is 81.0 cm³/mol. The van der Waals surface area contributed by atoms with Crippen molar-refractivity contribution >= 4 is 22.5 Å². The number of hydrogen-bond acceptors (Lipinski definition) is 3. The van der Waals surface area contributed by atoms with Crippen LogP contribution in [-0.2, 0) is 11.8 Å². The number of nitrogens with zero attached hydrogens (tertiary/aromatic N) is 1. The van der Waals surface area contributed by atoms with Gasteiger partial charge in [-0.25, -0.2) is 0 Å². The number of hydrogen-bond donors (Lipinski definition) is 2. The summed E-state index contributed by atoms with van der Waals surface area (Å²) in [5.74, 6) is -0.0726. The number of nitrogens with one attached hydrogen (secondary N) is 2. The summed E-state index contributed by atoms with van der Waals surface area (Å²) in [5, 5.41) is 6.76. The van der Waals surface area contributed by atoms with E-state index in [1.54, 1.807) is 11.6 Å². The standard InChI is InChI=1S/C15H19N3O2/c1-3-8-16-14(19)10-17-12-9-15(20)18(2)13-7-5-4-6-11(12)13/h4-7,9,17H,3,8,10H2,1-2H3,(H,16,19). The van der Waals surface area contributed by atoms with Crippen molar-refractivity contribution in [2.45, 2.75) is 13.3 Å². The number of rotatable bonds is 5. The van der Waals surface area contributed by atoms with Gasteiger partial charge in [0.05, 0.1) is 12.1 Å². The molecule has 0 aliphatic heterocycles. The van der Waals surface area contributed by atoms with E-state index in [2.05, 4.69) is 10.6 Å². The fourth-order valence-electron chi connectivity index (χ4n) is 2.06. The molecule has 106 valence electrons. The molecule has 20 heavy (non-hydrogen) atoms. The average Bonchev–Trinajstić information content (AvgIpc) is 2.47. The molecule has 0 radical (unpaired) electrons. The number of aryl methyl sites for hydroxylation is 1. The minimum Gasteiger partial charge on any atom is -0.375 e. The zero-order chi connectivity index (χ0) is 14.5. The molecular weight excluding hydrogens is 254 g/mol. The Hall–Kier alpha value is -2.30. The Morgan fingerprint density at radius 3 is 2.80 bits per heavy atom. The van der Waals surface area contributed by atoms with Crippen LogP contribution in [0.3, 0.4) is 0 Å². The number of fused-ring (bicyclic) bond motifs is 1. The van der Waals surface area contributed by atoms with Gasteiger partial charge in [-0.15, -0.1) is 0 Å². The Kier molecular flexibility index (Phi) is 4.40. The number of carbonyl (C=O) groups is 1. The number of benzene rings is 1. The van der Waals surface area contributed by atoms with Crippen molar-refractivity contribution in [2.24, 2.45) is 7.05 Å². The van der Waals surface area contributed by atoms with E-state index >= 15 is 0 Å². The van der Waals surface area contributed by atoms with Crippen LogP contribution in [0, 0.1) is 0 Å². The fourth-order valence-corrected chi connectivity index (χ4v) is 2.06. The van der Waals surface area contributed by atoms with E-state index in [1.807, 2.05) is 31.2 Å². The molecule has 0 saturated heterocycles. The molecule has 2 rings (SSSR count). The third-order valence-corrected chi connectivity index (χ3v) is 3.17. The molecule has 2 aromatic rings. The molecule has 0 fully saturated rings. The molecule has 0 unspecified atom stereocenters. The van der Waals surface area contributed by atoms with Crippen molar-refractivity contribution < 1.29 is 4.79 Å². The molecule has 5 nitrogen and oxygen atoms in total. The normalized spacial score (nSPS) is 10.5. The van der Waals surface area contributed by atoms with Crippen molar-refractivity contribution in [3.8, 4) is 0 Å². The Labute approximate surface area is 117 Å². The number of anilines is 1. The monoisotopic (exact) mass is 273 g/mol. The van der Waals surface area contributed by atoms with Crippen molar-refractivity contribution in [3.63, 3.8) is 0 Å². The summed E-state index contributed by atoms with van der Waals surface area (Å²) in [7, 11) is 1.74. The first kappa shape index (κ1) is 14.1. The molecule has 0 spiro atoms. The minimum atomic E-state index is -0.0971. The molecule has 1 heterocycles. The van der Waals surface area contributed by atoms with Crippen molar-refractivity contribution in [3.05, 3.63) is 40.7 Å². The molecule has 0 bridgehead atoms. The zero-order valence-corrected chi connectivity index (χ0v) is 11.8. The Bertz CT molecular complexity index is 676. The minimum absolute atomic E-state index is 0.0726. The molecule has 2 N–H and O–H groups in total. The summed E-state index contributed by atoms with van der Waals surface area (Å²) in [6.07, 6.45) is 0.903. The van der Waals surface area contributed by atoms with Crippen LogP contribution in [0.25, 0.3) is 10.9 Å². The van der Waals surface area contributed by atoms with E-state index in [0.717, 1.165) is 17.3 Å². The van der Waals surface area contributed by atoms with E-state index in [4.69, 9.17) is 0 Å². The maximum absolute atomic E-state index is 11.9. The van der Waals surface area contributed by atoms with Gasteiger partial charge in [-0.1, -0.05) is 25.1 Å². The lowest BCUT2D eigenvalue weighted by molar-refractivity contribution is -0.119. The molecule has 0 aliphatic carbocycles. The number of pyridine rings is 1. The van der Waals surface area contributed by atoms with Gasteiger partial charge in [-0.3, -0.25) is 9.59 Å². The molecule has 0 atom stereocenters. The molecule has 5 heteroatoms. The summed E-state index contributed by atoms with van der Waals surface area (Å²) in [5.41, 5.74) is 1.44. The van der Waals surface area contributed by atoms with Crippen molar-refractivity contribution in [1.82, 2.24) is 9.88 Å². The number of para-hydroxylation sites is 1. The van der Waals surface area contributed by atoms with Gasteiger partial charge >= 0.3 is 0 Å². The van der Waals surface area contributed by atoms with Gasteiger partial charge in [0.25, 0.3) is 5.56 Å². The van der Waals surface area contributed by atoms with Crippen LogP contribution in [0.5, 0.6) is 0 Å². The topological polar surface area (TPSA) is 63.1 Å². The largest absolute Gasteiger partial charge is 0.375 e. The lowest BCUT2D eigenvalue weighted by Gasteiger charge is -2.12. The van der Waals surface area contributed by atoms with E-state index in [9.17, 15) is 9.59 Å². The lowest BCUT2D eigenvalue weighted by Crippen LogP contribution is -2.30. The summed E-state index contributed by atoms with van der Waals surface area (Å²) in [6, 6.07) is 9.14. The van der Waals surface area contributed by atoms with E-state index in [-0.39, 0.29) is 18.0 Å². The number of aromatic nitrogens is 1. The van der Waals surface area contributed by atoms with Crippen LogP contribution in [-0.4, -0.2) is 23.6 Å². The first-order valence-electron chi connectivity index (χ1n) is 6.73. The number of amides is 1. The average molecular weight is 273 g/mol. The van der Waals surface area contributed by atoms with Gasteiger partial charge in [-0.2, -0.15) is 0 Å². The van der Waals surface area contributed by atoms with Crippen LogP contribution in [0.1, 0.15) is 13.3 Å². The van der Waals surface area contributed by atoms with Gasteiger partial charge in [0.1, 0.15) is 0 Å². The number of carbonyl (C=O) groups excluding carboxylic acids is 1. The predicted octanol–water partition coefficient (Wildman–Crippen LogP) is 1.48. The molecular formula is C15H19N3O2. The third-order valence-electron chi connectivity index (χ3n) is 3.17. The molecule has 1 amide bonds. The fraction of sp³-hybridized carbons (Fsp3) is 0.333. The van der Waals surface area contributed by atoms with Crippen LogP contribution in [0.15, 0.2) is 35.1 Å². The van der Waals surface area contributed by atoms with Crippen LogP contribution in [0.2, 0.25) is 0 Å². The summed E-state index contributed by atoms with van der Waals surface area (Å²) >= 11 is 0. The second kappa shape index (κ2) is 6.23. The Morgan fingerprint density at radius 2 is 2.05 bits per heavy atom. The summed E-state index contributed by atoms with van der Waals surface area (Å²) in [6.45, 7) is 2.83. The van der Waals surface area contributed by atoms with E-state index in [1.165, 1.54) is 6.07 Å². The van der Waals surface area contributed by atoms with Crippen molar-refractivity contribution in [2.75, 3.05) is 18.4 Å². The molecule has 1 aromatic heterocycles. The second-order valence-electron chi connectivity index (χ2n) is 4.68. The lowest BCUT2D eigenvalue weighted by atomic mass is 10.2. The Morgan fingerprint density at radius 1 is 1.30 bits per heavy atom. The van der Waals surface area contributed by atoms with Crippen LogP contribution in [0.4, 0.5) is 5.69 Å². The first-order chi connectivity index (χ1) is 9.63. The third kappa shape index (κ3) is 2.99. The van der Waals surface area contributed by atoms with Gasteiger partial charge in [-0.05, 0) is 12.5 Å². The maximum Gasteiger partial charge on any atom is 0.252 e. The zero-order valence-electron chi connectivity index (χ0n) is 11.8. The molecule has 0 aliphatic rings. The van der Waals surface area contributed by atoms with Crippen molar-refractivity contribution in [1.29, 1.82) is 0 Å². The highest BCUT2D eigenvalue weighted by Crippen LogP contribution is 2.20. The smallest absolute Gasteiger partial charge is 0.252 e. The molecule has 1 aromatic carbocycles. The SMILES string of the molecule is CCCNC(=O)CNc1cc(=O)n(C)c2ccccc12. The highest BCUT2D eigenvalue weighted by Gasteiger charge is 2.07. The summed E-state index contributed by atoms with van der Waals surface area (Å²) in [4.78, 5) is 23.5. The van der Waals surface area contributed by atoms with E-state index < -0.39 is 0 Å². The quantitative estimate of drug-likeness (QED) is 0.867. The van der Waals surface area contributed by atoms with Gasteiger partial charge in [0, 0.05) is 30.7 Å². The second-order valence-corrected chi connectivity index (χ2v) is 4.68. The first-order valence-corrected chi connectivity index (χ1v) is 6.73.